The predicted molar refractivity (Wildman–Crippen MR) is 99.8 cm³/mol. The summed E-state index contributed by atoms with van der Waals surface area (Å²) in [6, 6.07) is 7.63. The Morgan fingerprint density at radius 1 is 1.33 bits per heavy atom. The average molecular weight is 362 g/mol. The van der Waals surface area contributed by atoms with Gasteiger partial charge in [-0.3, -0.25) is 9.20 Å². The van der Waals surface area contributed by atoms with Gasteiger partial charge in [-0.25, -0.2) is 4.98 Å². The molecular formula is C18H20ClN3OS. The molecule has 1 amide bonds. The van der Waals surface area contributed by atoms with Crippen molar-refractivity contribution in [2.24, 2.45) is 0 Å². The van der Waals surface area contributed by atoms with Gasteiger partial charge in [0, 0.05) is 41.4 Å². The molecular weight excluding hydrogens is 342 g/mol. The van der Waals surface area contributed by atoms with Crippen LogP contribution in [0.2, 0.25) is 5.02 Å². The molecule has 0 aliphatic heterocycles. The molecule has 0 saturated heterocycles. The number of hydrogen-bond acceptors (Lipinski definition) is 3. The lowest BCUT2D eigenvalue weighted by atomic mass is 10.2. The molecule has 0 radical (unpaired) electrons. The van der Waals surface area contributed by atoms with E-state index in [-0.39, 0.29) is 5.91 Å². The maximum Gasteiger partial charge on any atom is 0.228 e. The molecule has 0 saturated carbocycles. The van der Waals surface area contributed by atoms with Crippen LogP contribution in [0.25, 0.3) is 16.2 Å². The highest BCUT2D eigenvalue weighted by Gasteiger charge is 2.14. The Kier molecular flexibility index (Phi) is 5.21. The number of fused-ring (bicyclic) bond motifs is 1. The fraction of sp³-hybridized carbons (Fsp3) is 0.333. The quantitative estimate of drug-likeness (QED) is 0.647. The van der Waals surface area contributed by atoms with Crippen molar-refractivity contribution in [3.63, 3.8) is 0 Å². The summed E-state index contributed by atoms with van der Waals surface area (Å²) < 4.78 is 2.01. The van der Waals surface area contributed by atoms with Crippen molar-refractivity contribution < 1.29 is 4.79 Å². The van der Waals surface area contributed by atoms with Gasteiger partial charge >= 0.3 is 0 Å². The number of likely N-dealkylation sites (N-methyl/N-ethyl adjacent to an activating group) is 1. The van der Waals surface area contributed by atoms with E-state index in [0.717, 1.165) is 41.3 Å². The number of rotatable bonds is 6. The number of hydrogen-bond donors (Lipinski definition) is 0. The molecule has 0 N–H and O–H groups in total. The molecule has 1 aromatic carbocycles. The van der Waals surface area contributed by atoms with Crippen LogP contribution in [0.5, 0.6) is 0 Å². The van der Waals surface area contributed by atoms with E-state index in [0.29, 0.717) is 11.4 Å². The maximum atomic E-state index is 12.4. The van der Waals surface area contributed by atoms with Crippen LogP contribution >= 0.6 is 22.9 Å². The van der Waals surface area contributed by atoms with Gasteiger partial charge in [-0.2, -0.15) is 0 Å². The lowest BCUT2D eigenvalue weighted by molar-refractivity contribution is -0.129. The first-order chi connectivity index (χ1) is 11.6. The Hall–Kier alpha value is -1.85. The standard InChI is InChI=1S/C18H20ClN3OS/c1-3-4-9-21(2)17(23)10-15-12-24-18-20-16(11-22(15)18)13-5-7-14(19)8-6-13/h5-8,11-12H,3-4,9-10H2,1-2H3. The van der Waals surface area contributed by atoms with E-state index < -0.39 is 0 Å². The van der Waals surface area contributed by atoms with Crippen LogP contribution < -0.4 is 0 Å². The van der Waals surface area contributed by atoms with Crippen molar-refractivity contribution in [3.05, 3.63) is 46.6 Å². The first kappa shape index (κ1) is 17.0. The Bertz CT molecular complexity index is 838. The minimum absolute atomic E-state index is 0.143. The third-order valence-electron chi connectivity index (χ3n) is 4.03. The average Bonchev–Trinajstić information content (AvgIpc) is 3.15. The lowest BCUT2D eigenvalue weighted by Crippen LogP contribution is -2.29. The fourth-order valence-corrected chi connectivity index (χ4v) is 3.53. The highest BCUT2D eigenvalue weighted by atomic mass is 35.5. The smallest absolute Gasteiger partial charge is 0.228 e. The summed E-state index contributed by atoms with van der Waals surface area (Å²) >= 11 is 7.50. The van der Waals surface area contributed by atoms with E-state index in [1.807, 2.05) is 52.2 Å². The minimum Gasteiger partial charge on any atom is -0.345 e. The molecule has 0 bridgehead atoms. The van der Waals surface area contributed by atoms with Crippen LogP contribution in [0.1, 0.15) is 25.5 Å². The lowest BCUT2D eigenvalue weighted by Gasteiger charge is -2.16. The second kappa shape index (κ2) is 7.36. The Labute approximate surface area is 150 Å². The second-order valence-corrected chi connectivity index (χ2v) is 7.13. The minimum atomic E-state index is 0.143. The van der Waals surface area contributed by atoms with E-state index in [4.69, 9.17) is 11.6 Å². The van der Waals surface area contributed by atoms with Gasteiger partial charge in [0.15, 0.2) is 4.96 Å². The van der Waals surface area contributed by atoms with Crippen molar-refractivity contribution in [1.29, 1.82) is 0 Å². The third kappa shape index (κ3) is 3.62. The zero-order valence-corrected chi connectivity index (χ0v) is 15.4. The molecule has 0 fully saturated rings. The van der Waals surface area contributed by atoms with Gasteiger partial charge < -0.3 is 4.90 Å². The van der Waals surface area contributed by atoms with Gasteiger partial charge in [0.1, 0.15) is 0 Å². The van der Waals surface area contributed by atoms with Crippen LogP contribution in [0.4, 0.5) is 0 Å². The van der Waals surface area contributed by atoms with E-state index in [1.165, 1.54) is 0 Å². The summed E-state index contributed by atoms with van der Waals surface area (Å²) in [6.07, 6.45) is 4.51. The highest BCUT2D eigenvalue weighted by molar-refractivity contribution is 7.15. The number of aromatic nitrogens is 2. The van der Waals surface area contributed by atoms with Crippen molar-refractivity contribution >= 4 is 33.8 Å². The van der Waals surface area contributed by atoms with Crippen molar-refractivity contribution in [1.82, 2.24) is 14.3 Å². The van der Waals surface area contributed by atoms with Gasteiger partial charge in [0.2, 0.25) is 5.91 Å². The van der Waals surface area contributed by atoms with Crippen LogP contribution in [-0.2, 0) is 11.2 Å². The molecule has 2 heterocycles. The zero-order valence-electron chi connectivity index (χ0n) is 13.8. The van der Waals surface area contributed by atoms with Crippen LogP contribution in [0, 0.1) is 0 Å². The molecule has 3 rings (SSSR count). The largest absolute Gasteiger partial charge is 0.345 e. The van der Waals surface area contributed by atoms with E-state index in [9.17, 15) is 4.79 Å². The van der Waals surface area contributed by atoms with Crippen LogP contribution in [0.15, 0.2) is 35.8 Å². The molecule has 0 spiro atoms. The fourth-order valence-electron chi connectivity index (χ4n) is 2.53. The number of amides is 1. The predicted octanol–water partition coefficient (Wildman–Crippen LogP) is 4.52. The first-order valence-corrected chi connectivity index (χ1v) is 9.29. The number of benzene rings is 1. The molecule has 126 valence electrons. The Morgan fingerprint density at radius 3 is 2.79 bits per heavy atom. The number of thiazole rings is 1. The molecule has 2 aromatic heterocycles. The van der Waals surface area contributed by atoms with Gasteiger partial charge in [-0.05, 0) is 18.6 Å². The van der Waals surface area contributed by atoms with E-state index in [2.05, 4.69) is 11.9 Å². The zero-order chi connectivity index (χ0) is 17.1. The molecule has 4 nitrogen and oxygen atoms in total. The molecule has 0 unspecified atom stereocenters. The molecule has 24 heavy (non-hydrogen) atoms. The number of halogens is 1. The molecule has 0 atom stereocenters. The van der Waals surface area contributed by atoms with Gasteiger partial charge in [-0.1, -0.05) is 37.1 Å². The summed E-state index contributed by atoms with van der Waals surface area (Å²) in [7, 11) is 1.87. The highest BCUT2D eigenvalue weighted by Crippen LogP contribution is 2.25. The second-order valence-electron chi connectivity index (χ2n) is 5.86. The number of imidazole rings is 1. The van der Waals surface area contributed by atoms with Gasteiger partial charge in [-0.15, -0.1) is 11.3 Å². The number of carbonyl (C=O) groups is 1. The Balaban J connectivity index is 1.80. The number of nitrogens with zero attached hydrogens (tertiary/aromatic N) is 3. The molecule has 0 aliphatic carbocycles. The van der Waals surface area contributed by atoms with Crippen molar-refractivity contribution in [3.8, 4) is 11.3 Å². The summed E-state index contributed by atoms with van der Waals surface area (Å²) in [4.78, 5) is 19.7. The molecule has 3 aromatic rings. The van der Waals surface area contributed by atoms with Gasteiger partial charge in [0.05, 0.1) is 12.1 Å². The monoisotopic (exact) mass is 361 g/mol. The summed E-state index contributed by atoms with van der Waals surface area (Å²) in [5.41, 5.74) is 2.90. The normalized spacial score (nSPS) is 11.1. The maximum absolute atomic E-state index is 12.4. The number of carbonyl (C=O) groups excluding carboxylic acids is 1. The summed E-state index contributed by atoms with van der Waals surface area (Å²) in [5.74, 6) is 0.143. The van der Waals surface area contributed by atoms with Crippen LogP contribution in [-0.4, -0.2) is 33.8 Å². The Morgan fingerprint density at radius 2 is 2.08 bits per heavy atom. The van der Waals surface area contributed by atoms with E-state index >= 15 is 0 Å². The third-order valence-corrected chi connectivity index (χ3v) is 5.17. The summed E-state index contributed by atoms with van der Waals surface area (Å²) in [6.45, 7) is 2.94. The van der Waals surface area contributed by atoms with Crippen molar-refractivity contribution in [2.75, 3.05) is 13.6 Å². The van der Waals surface area contributed by atoms with Crippen LogP contribution in [0.3, 0.4) is 0 Å². The van der Waals surface area contributed by atoms with Crippen molar-refractivity contribution in [2.45, 2.75) is 26.2 Å². The summed E-state index contributed by atoms with van der Waals surface area (Å²) in [5, 5.41) is 2.72. The SMILES string of the molecule is CCCCN(C)C(=O)Cc1csc2nc(-c3ccc(Cl)cc3)cn12. The van der Waals surface area contributed by atoms with E-state index in [1.54, 1.807) is 11.3 Å². The molecule has 6 heteroatoms. The number of unbranched alkanes of at least 4 members (excludes halogenated alkanes) is 1. The first-order valence-electron chi connectivity index (χ1n) is 8.04. The topological polar surface area (TPSA) is 37.6 Å². The molecule has 0 aliphatic rings. The van der Waals surface area contributed by atoms with Gasteiger partial charge in [0.25, 0.3) is 0 Å².